The Hall–Kier alpha value is -4.70. The summed E-state index contributed by atoms with van der Waals surface area (Å²) in [5.74, 6) is -1.96. The molecule has 0 saturated carbocycles. The van der Waals surface area contributed by atoms with Gasteiger partial charge in [0.15, 0.2) is 30.7 Å². The smallest absolute Gasteiger partial charge is 0.303 e. The third kappa shape index (κ3) is 6.56. The number of imidazole rings is 1. The zero-order chi connectivity index (χ0) is 32.9. The van der Waals surface area contributed by atoms with Gasteiger partial charge in [0, 0.05) is 26.3 Å². The molecule has 45 heavy (non-hydrogen) atoms. The van der Waals surface area contributed by atoms with Crippen molar-refractivity contribution in [1.82, 2.24) is 19.5 Å². The van der Waals surface area contributed by atoms with Gasteiger partial charge in [0.1, 0.15) is 23.1 Å². The second-order valence-corrected chi connectivity index (χ2v) is 11.7. The van der Waals surface area contributed by atoms with Gasteiger partial charge in [0.05, 0.1) is 17.8 Å². The minimum atomic E-state index is -1.33. The van der Waals surface area contributed by atoms with Crippen LogP contribution >= 0.6 is 22.7 Å². The molecule has 6 rings (SSSR count). The highest BCUT2D eigenvalue weighted by Crippen LogP contribution is 2.40. The van der Waals surface area contributed by atoms with E-state index in [4.69, 9.17) is 21.7 Å². The second-order valence-electron chi connectivity index (χ2n) is 9.67. The van der Waals surface area contributed by atoms with Crippen LogP contribution in [-0.4, -0.2) is 74.0 Å². The van der Waals surface area contributed by atoms with E-state index in [9.17, 15) is 19.5 Å². The topological polar surface area (TPSA) is 164 Å². The third-order valence-electron chi connectivity index (χ3n) is 6.66. The Bertz CT molecular complexity index is 1870. The lowest BCUT2D eigenvalue weighted by atomic mass is 10.1. The van der Waals surface area contributed by atoms with Gasteiger partial charge in [-0.2, -0.15) is 4.98 Å². The van der Waals surface area contributed by atoms with E-state index in [0.29, 0.717) is 17.0 Å². The van der Waals surface area contributed by atoms with Crippen LogP contribution in [0.15, 0.2) is 66.3 Å². The molecule has 13 nitrogen and oxygen atoms in total. The Labute approximate surface area is 267 Å². The number of thiophene rings is 2. The van der Waals surface area contributed by atoms with E-state index in [1.807, 2.05) is 35.7 Å². The first-order valence-electron chi connectivity index (χ1n) is 14.9. The first-order valence-corrected chi connectivity index (χ1v) is 15.2. The maximum absolute atomic E-state index is 12.9. The zero-order valence-corrected chi connectivity index (χ0v) is 25.0. The number of fused-ring (bicyclic) bond motifs is 1. The van der Waals surface area contributed by atoms with Gasteiger partial charge in [0.25, 0.3) is 5.91 Å². The minimum Gasteiger partial charge on any atom is -0.484 e. The molecule has 1 aromatic carbocycles. The molecule has 5 aromatic rings. The molecule has 0 radical (unpaired) electrons. The number of nitrogens with zero attached hydrogens (tertiary/aromatic N) is 4. The van der Waals surface area contributed by atoms with Crippen molar-refractivity contribution in [3.05, 3.63) is 66.3 Å². The first-order chi connectivity index (χ1) is 22.9. The van der Waals surface area contributed by atoms with Gasteiger partial charge in [0.2, 0.25) is 5.95 Å². The number of ether oxygens (including phenoxy) is 4. The number of hydrogen-bond acceptors (Lipinski definition) is 13. The summed E-state index contributed by atoms with van der Waals surface area (Å²) in [4.78, 5) is 53.9. The van der Waals surface area contributed by atoms with Crippen molar-refractivity contribution < 1.29 is 41.2 Å². The van der Waals surface area contributed by atoms with Crippen molar-refractivity contribution in [3.63, 3.8) is 0 Å². The molecular weight excluding hydrogens is 622 g/mol. The van der Waals surface area contributed by atoms with E-state index in [1.165, 1.54) is 22.2 Å². The number of nitrogens with one attached hydrogen (secondary N) is 1. The van der Waals surface area contributed by atoms with Gasteiger partial charge >= 0.3 is 11.9 Å². The van der Waals surface area contributed by atoms with Crippen LogP contribution in [0.4, 0.5) is 5.95 Å². The lowest BCUT2D eigenvalue weighted by molar-refractivity contribution is -0.165. The Balaban J connectivity index is 1.40. The molecule has 4 aromatic heterocycles. The molecule has 1 unspecified atom stereocenters. The van der Waals surface area contributed by atoms with E-state index >= 15 is 0 Å². The molecule has 2 N–H and O–H groups in total. The van der Waals surface area contributed by atoms with Gasteiger partial charge in [-0.3, -0.25) is 24.3 Å². The molecule has 15 heteroatoms. The van der Waals surface area contributed by atoms with Crippen LogP contribution in [0.2, 0.25) is 0 Å². The minimum absolute atomic E-state index is 0.0735. The fourth-order valence-corrected chi connectivity index (χ4v) is 6.65. The summed E-state index contributed by atoms with van der Waals surface area (Å²) in [7, 11) is 0. The number of aliphatic hydroxyl groups excluding tert-OH is 1. The van der Waals surface area contributed by atoms with E-state index in [-0.39, 0.29) is 18.2 Å². The van der Waals surface area contributed by atoms with Gasteiger partial charge in [-0.15, -0.1) is 22.7 Å². The van der Waals surface area contributed by atoms with E-state index in [0.717, 1.165) is 14.6 Å². The average molecular weight is 652 g/mol. The number of carbonyl (C=O) groups excluding carboxylic acids is 3. The van der Waals surface area contributed by atoms with Crippen molar-refractivity contribution in [1.29, 1.82) is 0 Å². The van der Waals surface area contributed by atoms with Gasteiger partial charge < -0.3 is 24.1 Å². The van der Waals surface area contributed by atoms with E-state index in [1.54, 1.807) is 35.6 Å². The monoisotopic (exact) mass is 651 g/mol. The molecule has 232 valence electrons. The molecule has 4 atom stereocenters. The van der Waals surface area contributed by atoms with Gasteiger partial charge in [-0.05, 0) is 35.7 Å². The number of aromatic nitrogens is 4. The van der Waals surface area contributed by atoms with Crippen LogP contribution in [0.5, 0.6) is 5.75 Å². The number of aliphatic hydroxyl groups is 1. The first kappa shape index (κ1) is 27.8. The summed E-state index contributed by atoms with van der Waals surface area (Å²) in [6, 6.07) is 16.6. The third-order valence-corrected chi connectivity index (χ3v) is 8.82. The number of rotatable bonds is 10. The second kappa shape index (κ2) is 13.1. The van der Waals surface area contributed by atoms with Crippen LogP contribution in [-0.2, 0) is 28.6 Å². The Morgan fingerprint density at radius 2 is 1.78 bits per heavy atom. The maximum atomic E-state index is 12.9. The van der Waals surface area contributed by atoms with Crippen molar-refractivity contribution in [2.24, 2.45) is 0 Å². The van der Waals surface area contributed by atoms with Crippen molar-refractivity contribution >= 4 is 57.6 Å². The Morgan fingerprint density at radius 1 is 1.00 bits per heavy atom. The number of carbonyl (C=O) groups is 3. The van der Waals surface area contributed by atoms with Gasteiger partial charge in [-0.25, -0.2) is 9.97 Å². The summed E-state index contributed by atoms with van der Waals surface area (Å²) < 4.78 is 38.7. The van der Waals surface area contributed by atoms with Gasteiger partial charge in [-0.1, -0.05) is 24.3 Å². The molecule has 1 amide bonds. The largest absolute Gasteiger partial charge is 0.484 e. The number of benzene rings is 1. The summed E-state index contributed by atoms with van der Waals surface area (Å²) in [6.07, 6.45) is -3.62. The fraction of sp³-hybridized carbons (Fsp3) is 0.267. The lowest BCUT2D eigenvalue weighted by Crippen LogP contribution is -2.40. The molecular formula is C30H27N5O8S2. The summed E-state index contributed by atoms with van der Waals surface area (Å²) in [5, 5.41) is 14.7. The molecule has 1 saturated heterocycles. The summed E-state index contributed by atoms with van der Waals surface area (Å²) in [5.41, 5.74) is 0.889. The summed E-state index contributed by atoms with van der Waals surface area (Å²) in [6.45, 7) is -2.37. The SMILES string of the molecule is [2H]CC(=O)O[C@@H]1[C@@H](CO)OC(n2cnc3c(-c4ccc(-c5cccs5)s4)nc(NC(=O)COc4ccccc4)nc32)[C@@H]1OC(=O)C[2H]. The van der Waals surface area contributed by atoms with Crippen LogP contribution in [0.25, 0.3) is 31.5 Å². The van der Waals surface area contributed by atoms with Crippen LogP contribution < -0.4 is 10.1 Å². The predicted octanol–water partition coefficient (Wildman–Crippen LogP) is 4.05. The van der Waals surface area contributed by atoms with Crippen molar-refractivity contribution in [2.45, 2.75) is 38.3 Å². The van der Waals surface area contributed by atoms with Crippen LogP contribution in [0.1, 0.15) is 22.8 Å². The maximum Gasteiger partial charge on any atom is 0.303 e. The normalized spacial score (nSPS) is 19.9. The number of hydrogen-bond donors (Lipinski definition) is 2. The number of anilines is 1. The number of esters is 2. The lowest BCUT2D eigenvalue weighted by Gasteiger charge is -2.23. The zero-order valence-electron chi connectivity index (χ0n) is 25.4. The Kier molecular flexibility index (Phi) is 8.11. The quantitative estimate of drug-likeness (QED) is 0.209. The highest BCUT2D eigenvalue weighted by atomic mass is 32.1. The molecule has 0 bridgehead atoms. The average Bonchev–Trinajstić information content (AvgIpc) is 3.91. The molecule has 5 heterocycles. The molecule has 1 fully saturated rings. The molecule has 0 spiro atoms. The molecule has 1 aliphatic rings. The number of amides is 1. The standard InChI is InChI=1S/C30H27N5O8S2/c1-16(37)41-26-19(13-36)43-29(27(26)42-17(2)38)35-15-31-25-24(22-11-10-21(45-22)20-9-6-12-44-20)33-30(34-28(25)35)32-23(39)14-40-18-7-4-3-5-8-18/h3-12,15,19,26-27,29,36H,13-14H2,1-2H3,(H,32,33,34,39)/t19-,26-,27-,29?/m1/s1/i1D,2D. The van der Waals surface area contributed by atoms with Crippen LogP contribution in [0.3, 0.4) is 0 Å². The van der Waals surface area contributed by atoms with Crippen LogP contribution in [0, 0.1) is 0 Å². The summed E-state index contributed by atoms with van der Waals surface area (Å²) >= 11 is 3.05. The van der Waals surface area contributed by atoms with E-state index < -0.39 is 62.8 Å². The molecule has 0 aliphatic carbocycles. The predicted molar refractivity (Wildman–Crippen MR) is 165 cm³/mol. The number of para-hydroxylation sites is 1. The highest BCUT2D eigenvalue weighted by molar-refractivity contribution is 7.23. The highest BCUT2D eigenvalue weighted by Gasteiger charge is 2.50. The van der Waals surface area contributed by atoms with Crippen molar-refractivity contribution in [3.8, 4) is 26.1 Å². The molecule has 1 aliphatic heterocycles. The van der Waals surface area contributed by atoms with E-state index in [2.05, 4.69) is 20.3 Å². The fourth-order valence-electron chi connectivity index (χ4n) is 4.82. The Morgan fingerprint density at radius 3 is 2.51 bits per heavy atom. The van der Waals surface area contributed by atoms with Crippen molar-refractivity contribution in [2.75, 3.05) is 18.5 Å².